The van der Waals surface area contributed by atoms with E-state index in [0.717, 1.165) is 25.9 Å². The van der Waals surface area contributed by atoms with Crippen LogP contribution in [0.25, 0.3) is 0 Å². The number of hydrogen-bond donors (Lipinski definition) is 2. The van der Waals surface area contributed by atoms with Crippen LogP contribution in [0.3, 0.4) is 0 Å². The molecular weight excluding hydrogens is 278 g/mol. The molecule has 5 heteroatoms. The van der Waals surface area contributed by atoms with Gasteiger partial charge in [-0.3, -0.25) is 9.59 Å². The van der Waals surface area contributed by atoms with Crippen molar-refractivity contribution >= 4 is 17.5 Å². The summed E-state index contributed by atoms with van der Waals surface area (Å²) in [5.41, 5.74) is 1.18. The minimum atomic E-state index is -0.0816. The summed E-state index contributed by atoms with van der Waals surface area (Å²) in [6.07, 6.45) is 2.48. The lowest BCUT2D eigenvalue weighted by atomic mass is 9.98. The standard InChI is InChI=1S/C17H25N3O2/c1-13-8-11-20(12-9-13)17(22)14-5-3-4-6-15(14)19-16(21)7-10-18-2/h3-6,13,18H,7-12H2,1-2H3,(H,19,21). The molecule has 2 rings (SSSR count). The van der Waals surface area contributed by atoms with E-state index in [1.165, 1.54) is 0 Å². The highest BCUT2D eigenvalue weighted by atomic mass is 16.2. The van der Waals surface area contributed by atoms with Crippen LogP contribution in [-0.2, 0) is 4.79 Å². The van der Waals surface area contributed by atoms with Crippen LogP contribution in [0.15, 0.2) is 24.3 Å². The van der Waals surface area contributed by atoms with E-state index in [9.17, 15) is 9.59 Å². The van der Waals surface area contributed by atoms with Crippen LogP contribution >= 0.6 is 0 Å². The molecule has 2 N–H and O–H groups in total. The summed E-state index contributed by atoms with van der Waals surface area (Å²) in [7, 11) is 1.81. The highest BCUT2D eigenvalue weighted by Gasteiger charge is 2.23. The van der Waals surface area contributed by atoms with Gasteiger partial charge < -0.3 is 15.5 Å². The highest BCUT2D eigenvalue weighted by molar-refractivity contribution is 6.03. The fraction of sp³-hybridized carbons (Fsp3) is 0.529. The summed E-state index contributed by atoms with van der Waals surface area (Å²) in [4.78, 5) is 26.5. The maximum Gasteiger partial charge on any atom is 0.255 e. The minimum Gasteiger partial charge on any atom is -0.339 e. The lowest BCUT2D eigenvalue weighted by Crippen LogP contribution is -2.38. The van der Waals surface area contributed by atoms with Gasteiger partial charge in [-0.2, -0.15) is 0 Å². The Labute approximate surface area is 132 Å². The zero-order chi connectivity index (χ0) is 15.9. The van der Waals surface area contributed by atoms with Crippen LogP contribution in [0.1, 0.15) is 36.5 Å². The highest BCUT2D eigenvalue weighted by Crippen LogP contribution is 2.22. The number of para-hydroxylation sites is 1. The molecule has 1 aliphatic heterocycles. The topological polar surface area (TPSA) is 61.4 Å². The van der Waals surface area contributed by atoms with Crippen molar-refractivity contribution in [2.45, 2.75) is 26.2 Å². The third-order valence-corrected chi connectivity index (χ3v) is 4.10. The van der Waals surface area contributed by atoms with Gasteiger partial charge in [-0.1, -0.05) is 19.1 Å². The zero-order valence-electron chi connectivity index (χ0n) is 13.4. The van der Waals surface area contributed by atoms with E-state index >= 15 is 0 Å². The van der Waals surface area contributed by atoms with Crippen LogP contribution in [0.4, 0.5) is 5.69 Å². The number of carbonyl (C=O) groups is 2. The summed E-state index contributed by atoms with van der Waals surface area (Å²) in [5.74, 6) is 0.610. The van der Waals surface area contributed by atoms with Crippen molar-refractivity contribution in [1.29, 1.82) is 0 Å². The van der Waals surface area contributed by atoms with E-state index in [1.807, 2.05) is 24.1 Å². The molecule has 0 bridgehead atoms. The van der Waals surface area contributed by atoms with Crippen molar-refractivity contribution in [2.24, 2.45) is 5.92 Å². The average Bonchev–Trinajstić information content (AvgIpc) is 2.53. The van der Waals surface area contributed by atoms with Gasteiger partial charge in [-0.15, -0.1) is 0 Å². The summed E-state index contributed by atoms with van der Waals surface area (Å²) in [5, 5.41) is 5.79. The van der Waals surface area contributed by atoms with Crippen molar-refractivity contribution in [2.75, 3.05) is 32.0 Å². The molecule has 0 radical (unpaired) electrons. The van der Waals surface area contributed by atoms with Crippen LogP contribution in [0, 0.1) is 5.92 Å². The van der Waals surface area contributed by atoms with Gasteiger partial charge in [0.25, 0.3) is 5.91 Å². The van der Waals surface area contributed by atoms with Crippen LogP contribution in [0.5, 0.6) is 0 Å². The Morgan fingerprint density at radius 2 is 1.91 bits per heavy atom. The third-order valence-electron chi connectivity index (χ3n) is 4.10. The Balaban J connectivity index is 2.07. The number of likely N-dealkylation sites (tertiary alicyclic amines) is 1. The molecule has 120 valence electrons. The largest absolute Gasteiger partial charge is 0.339 e. The minimum absolute atomic E-state index is 0.0106. The lowest BCUT2D eigenvalue weighted by Gasteiger charge is -2.30. The first-order valence-electron chi connectivity index (χ1n) is 7.94. The first kappa shape index (κ1) is 16.5. The second kappa shape index (κ2) is 7.94. The number of anilines is 1. The van der Waals surface area contributed by atoms with Crippen LogP contribution < -0.4 is 10.6 Å². The van der Waals surface area contributed by atoms with Crippen molar-refractivity contribution in [1.82, 2.24) is 10.2 Å². The summed E-state index contributed by atoms with van der Waals surface area (Å²) in [6, 6.07) is 7.25. The molecule has 1 aromatic carbocycles. The number of piperidine rings is 1. The van der Waals surface area contributed by atoms with E-state index in [4.69, 9.17) is 0 Å². The van der Waals surface area contributed by atoms with Crippen LogP contribution in [0.2, 0.25) is 0 Å². The first-order chi connectivity index (χ1) is 10.6. The maximum atomic E-state index is 12.7. The molecule has 5 nitrogen and oxygen atoms in total. The second-order valence-corrected chi connectivity index (χ2v) is 5.92. The van der Waals surface area contributed by atoms with Gasteiger partial charge in [0.1, 0.15) is 0 Å². The molecule has 1 fully saturated rings. The third kappa shape index (κ3) is 4.31. The Kier molecular flexibility index (Phi) is 5.95. The van der Waals surface area contributed by atoms with Crippen molar-refractivity contribution in [3.8, 4) is 0 Å². The monoisotopic (exact) mass is 303 g/mol. The smallest absolute Gasteiger partial charge is 0.255 e. The molecule has 0 aromatic heterocycles. The van der Waals surface area contributed by atoms with Gasteiger partial charge in [0.2, 0.25) is 5.91 Å². The number of nitrogens with one attached hydrogen (secondary N) is 2. The van der Waals surface area contributed by atoms with Crippen molar-refractivity contribution < 1.29 is 9.59 Å². The lowest BCUT2D eigenvalue weighted by molar-refractivity contribution is -0.116. The molecule has 1 heterocycles. The molecule has 0 atom stereocenters. The van der Waals surface area contributed by atoms with E-state index in [2.05, 4.69) is 17.6 Å². The number of rotatable bonds is 5. The number of carbonyl (C=O) groups excluding carboxylic acids is 2. The van der Waals surface area contributed by atoms with E-state index < -0.39 is 0 Å². The van der Waals surface area contributed by atoms with E-state index in [1.54, 1.807) is 12.1 Å². The number of hydrogen-bond acceptors (Lipinski definition) is 3. The van der Waals surface area contributed by atoms with Crippen molar-refractivity contribution in [3.05, 3.63) is 29.8 Å². The Morgan fingerprint density at radius 1 is 1.23 bits per heavy atom. The second-order valence-electron chi connectivity index (χ2n) is 5.92. The number of benzene rings is 1. The van der Waals surface area contributed by atoms with Gasteiger partial charge in [0.05, 0.1) is 11.3 Å². The Morgan fingerprint density at radius 3 is 2.59 bits per heavy atom. The Hall–Kier alpha value is -1.88. The van der Waals surface area contributed by atoms with Crippen molar-refractivity contribution in [3.63, 3.8) is 0 Å². The quantitative estimate of drug-likeness (QED) is 0.876. The summed E-state index contributed by atoms with van der Waals surface area (Å²) < 4.78 is 0. The molecule has 0 saturated carbocycles. The molecule has 2 amide bonds. The molecule has 0 spiro atoms. The predicted molar refractivity (Wildman–Crippen MR) is 87.9 cm³/mol. The SMILES string of the molecule is CNCCC(=O)Nc1ccccc1C(=O)N1CCC(C)CC1. The van der Waals surface area contributed by atoms with Gasteiger partial charge in [0.15, 0.2) is 0 Å². The molecule has 22 heavy (non-hydrogen) atoms. The van der Waals surface area contributed by atoms with Crippen LogP contribution in [-0.4, -0.2) is 43.4 Å². The molecule has 0 aliphatic carbocycles. The van der Waals surface area contributed by atoms with Gasteiger partial charge in [-0.25, -0.2) is 0 Å². The van der Waals surface area contributed by atoms with Gasteiger partial charge in [-0.05, 0) is 37.9 Å². The normalized spacial score (nSPS) is 15.6. The fourth-order valence-corrected chi connectivity index (χ4v) is 2.61. The van der Waals surface area contributed by atoms with E-state index in [-0.39, 0.29) is 11.8 Å². The van der Waals surface area contributed by atoms with E-state index in [0.29, 0.717) is 30.1 Å². The maximum absolute atomic E-state index is 12.7. The predicted octanol–water partition coefficient (Wildman–Crippen LogP) is 2.11. The molecule has 1 aromatic rings. The average molecular weight is 303 g/mol. The molecule has 1 saturated heterocycles. The first-order valence-corrected chi connectivity index (χ1v) is 7.94. The fourth-order valence-electron chi connectivity index (χ4n) is 2.61. The zero-order valence-corrected chi connectivity index (χ0v) is 13.4. The molecular formula is C17H25N3O2. The molecule has 0 unspecified atom stereocenters. The van der Waals surface area contributed by atoms with Gasteiger partial charge in [0, 0.05) is 26.1 Å². The Bertz CT molecular complexity index is 522. The summed E-state index contributed by atoms with van der Waals surface area (Å²) in [6.45, 7) is 4.42. The summed E-state index contributed by atoms with van der Waals surface area (Å²) >= 11 is 0. The molecule has 1 aliphatic rings. The van der Waals surface area contributed by atoms with Gasteiger partial charge >= 0.3 is 0 Å². The number of amides is 2. The number of nitrogens with zero attached hydrogens (tertiary/aromatic N) is 1.